The fourth-order valence-electron chi connectivity index (χ4n) is 2.69. The quantitative estimate of drug-likeness (QED) is 0.599. The highest BCUT2D eigenvalue weighted by molar-refractivity contribution is 6.56. The van der Waals surface area contributed by atoms with Crippen molar-refractivity contribution in [3.8, 4) is 0 Å². The van der Waals surface area contributed by atoms with Crippen molar-refractivity contribution < 1.29 is 18.8 Å². The number of rotatable bonds is 4. The van der Waals surface area contributed by atoms with Crippen molar-refractivity contribution in [2.24, 2.45) is 0 Å². The molecule has 7 heteroatoms. The van der Waals surface area contributed by atoms with Crippen LogP contribution in [0.1, 0.15) is 59.6 Å². The normalized spacial score (nSPS) is 18.9. The highest BCUT2D eigenvalue weighted by Gasteiger charge is 2.52. The summed E-state index contributed by atoms with van der Waals surface area (Å²) < 4.78 is 17.7. The van der Waals surface area contributed by atoms with Crippen molar-refractivity contribution in [3.05, 3.63) is 34.8 Å². The highest BCUT2D eigenvalue weighted by atomic mass is 16.7. The first-order valence-electron chi connectivity index (χ1n) is 9.59. The molecule has 1 amide bonds. The number of nitrogen functional groups attached to an aromatic ring is 1. The molecule has 2 rings (SSSR count). The van der Waals surface area contributed by atoms with E-state index in [2.05, 4.69) is 5.32 Å². The van der Waals surface area contributed by atoms with E-state index in [1.807, 2.05) is 79.7 Å². The van der Waals surface area contributed by atoms with Crippen LogP contribution in [-0.4, -0.2) is 36.6 Å². The van der Waals surface area contributed by atoms with Crippen LogP contribution in [0.2, 0.25) is 0 Å². The van der Waals surface area contributed by atoms with Gasteiger partial charge < -0.3 is 25.1 Å². The zero-order chi connectivity index (χ0) is 21.3. The van der Waals surface area contributed by atoms with Gasteiger partial charge in [0.25, 0.3) is 0 Å². The molecule has 1 aromatic rings. The molecule has 0 atom stereocenters. The number of amides is 1. The molecule has 1 aliphatic rings. The lowest BCUT2D eigenvalue weighted by Crippen LogP contribution is -2.41. The smallest absolute Gasteiger partial charge is 0.444 e. The Morgan fingerprint density at radius 1 is 1.21 bits per heavy atom. The lowest BCUT2D eigenvalue weighted by atomic mass is 9.77. The maximum atomic E-state index is 12.1. The van der Waals surface area contributed by atoms with E-state index in [4.69, 9.17) is 19.8 Å². The SMILES string of the molecule is Cc1cc(C=C(CNC(=O)OC(C)(C)C)B2OC(C)(C)C(C)(C)O2)ccc1N. The summed E-state index contributed by atoms with van der Waals surface area (Å²) in [4.78, 5) is 12.1. The molecule has 1 saturated heterocycles. The molecule has 0 saturated carbocycles. The third-order valence-electron chi connectivity index (χ3n) is 5.04. The zero-order valence-electron chi connectivity index (χ0n) is 18.3. The number of carbonyl (C=O) groups excluding carboxylic acids is 1. The largest absolute Gasteiger partial charge is 0.492 e. The Labute approximate surface area is 168 Å². The second-order valence-electron chi connectivity index (χ2n) is 9.28. The van der Waals surface area contributed by atoms with Gasteiger partial charge in [-0.3, -0.25) is 0 Å². The third-order valence-corrected chi connectivity index (χ3v) is 5.04. The van der Waals surface area contributed by atoms with Crippen molar-refractivity contribution >= 4 is 25.0 Å². The molecule has 154 valence electrons. The molecule has 0 aliphatic carbocycles. The summed E-state index contributed by atoms with van der Waals surface area (Å²) in [6.07, 6.45) is 1.48. The Balaban J connectivity index is 2.27. The molecule has 1 aliphatic heterocycles. The first-order valence-corrected chi connectivity index (χ1v) is 9.59. The minimum atomic E-state index is -0.571. The maximum absolute atomic E-state index is 12.1. The average Bonchev–Trinajstić information content (AvgIpc) is 2.73. The Hall–Kier alpha value is -1.99. The Kier molecular flexibility index (Phi) is 6.21. The molecule has 1 fully saturated rings. The minimum Gasteiger partial charge on any atom is -0.444 e. The van der Waals surface area contributed by atoms with Crippen LogP contribution in [0.3, 0.4) is 0 Å². The van der Waals surface area contributed by atoms with Gasteiger partial charge >= 0.3 is 13.2 Å². The zero-order valence-corrected chi connectivity index (χ0v) is 18.3. The molecule has 0 spiro atoms. The Morgan fingerprint density at radius 3 is 2.29 bits per heavy atom. The molecule has 6 nitrogen and oxygen atoms in total. The first kappa shape index (κ1) is 22.3. The van der Waals surface area contributed by atoms with Crippen molar-refractivity contribution in [1.29, 1.82) is 0 Å². The molecule has 28 heavy (non-hydrogen) atoms. The summed E-state index contributed by atoms with van der Waals surface area (Å²) in [6, 6.07) is 5.79. The first-order chi connectivity index (χ1) is 12.7. The van der Waals surface area contributed by atoms with Gasteiger partial charge in [0, 0.05) is 12.2 Å². The van der Waals surface area contributed by atoms with Crippen LogP contribution < -0.4 is 11.1 Å². The Bertz CT molecular complexity index is 750. The predicted octanol–water partition coefficient (Wildman–Crippen LogP) is 4.12. The number of nitrogens with two attached hydrogens (primary N) is 1. The van der Waals surface area contributed by atoms with Crippen molar-refractivity contribution in [2.45, 2.75) is 72.2 Å². The molecule has 0 radical (unpaired) electrons. The number of carbonyl (C=O) groups is 1. The van der Waals surface area contributed by atoms with Crippen LogP contribution in [-0.2, 0) is 14.0 Å². The molecule has 0 aromatic heterocycles. The van der Waals surface area contributed by atoms with Crippen LogP contribution in [0, 0.1) is 6.92 Å². The van der Waals surface area contributed by atoms with E-state index < -0.39 is 30.0 Å². The fraction of sp³-hybridized carbons (Fsp3) is 0.571. The molecule has 0 unspecified atom stereocenters. The van der Waals surface area contributed by atoms with Crippen LogP contribution in [0.4, 0.5) is 10.5 Å². The van der Waals surface area contributed by atoms with E-state index in [1.165, 1.54) is 0 Å². The monoisotopic (exact) mass is 388 g/mol. The standard InChI is InChI=1S/C21H33BN2O4/c1-14-11-15(9-10-17(14)23)12-16(13-24-18(25)26-19(2,3)4)22-27-20(5,6)21(7,8)28-22/h9-12H,13,23H2,1-8H3,(H,24,25). The second kappa shape index (κ2) is 7.80. The average molecular weight is 388 g/mol. The number of ether oxygens (including phenoxy) is 1. The van der Waals surface area contributed by atoms with Crippen LogP contribution in [0.15, 0.2) is 23.7 Å². The van der Waals surface area contributed by atoms with Crippen molar-refractivity contribution in [1.82, 2.24) is 5.32 Å². The maximum Gasteiger partial charge on any atom is 0.492 e. The number of alkyl carbamates (subject to hydrolysis) is 1. The molecular weight excluding hydrogens is 355 g/mol. The topological polar surface area (TPSA) is 82.8 Å². The molecular formula is C21H33BN2O4. The number of nitrogens with one attached hydrogen (secondary N) is 1. The van der Waals surface area contributed by atoms with Gasteiger partial charge in [0.2, 0.25) is 0 Å². The number of aryl methyl sites for hydroxylation is 1. The summed E-state index contributed by atoms with van der Waals surface area (Å²) in [6.45, 7) is 15.7. The molecule has 1 aromatic carbocycles. The number of anilines is 1. The summed E-state index contributed by atoms with van der Waals surface area (Å²) in [5.74, 6) is 0. The summed E-state index contributed by atoms with van der Waals surface area (Å²) in [5.41, 5.74) is 7.90. The molecule has 0 bridgehead atoms. The van der Waals surface area contributed by atoms with Gasteiger partial charge in [-0.15, -0.1) is 0 Å². The van der Waals surface area contributed by atoms with Crippen molar-refractivity contribution in [3.63, 3.8) is 0 Å². The van der Waals surface area contributed by atoms with Crippen LogP contribution in [0.5, 0.6) is 0 Å². The minimum absolute atomic E-state index is 0.245. The molecule has 1 heterocycles. The fourth-order valence-corrected chi connectivity index (χ4v) is 2.69. The predicted molar refractivity (Wildman–Crippen MR) is 114 cm³/mol. The Morgan fingerprint density at radius 2 is 1.79 bits per heavy atom. The van der Waals surface area contributed by atoms with E-state index in [1.54, 1.807) is 0 Å². The summed E-state index contributed by atoms with van der Waals surface area (Å²) >= 11 is 0. The van der Waals surface area contributed by atoms with E-state index in [0.29, 0.717) is 0 Å². The van der Waals surface area contributed by atoms with E-state index >= 15 is 0 Å². The summed E-state index contributed by atoms with van der Waals surface area (Å²) in [5, 5.41) is 2.80. The number of benzene rings is 1. The van der Waals surface area contributed by atoms with Gasteiger partial charge in [0.05, 0.1) is 11.2 Å². The van der Waals surface area contributed by atoms with Gasteiger partial charge in [0.15, 0.2) is 0 Å². The molecule has 3 N–H and O–H groups in total. The van der Waals surface area contributed by atoms with E-state index in [0.717, 1.165) is 22.3 Å². The lowest BCUT2D eigenvalue weighted by Gasteiger charge is -2.32. The summed E-state index contributed by atoms with van der Waals surface area (Å²) in [7, 11) is -0.571. The van der Waals surface area contributed by atoms with Gasteiger partial charge in [-0.05, 0) is 78.1 Å². The number of hydrogen-bond acceptors (Lipinski definition) is 5. The lowest BCUT2D eigenvalue weighted by molar-refractivity contribution is 0.00578. The third kappa shape index (κ3) is 5.52. The van der Waals surface area contributed by atoms with Crippen molar-refractivity contribution in [2.75, 3.05) is 12.3 Å². The van der Waals surface area contributed by atoms with E-state index in [9.17, 15) is 4.79 Å². The number of hydrogen-bond donors (Lipinski definition) is 2. The second-order valence-corrected chi connectivity index (χ2v) is 9.28. The van der Waals surface area contributed by atoms with Gasteiger partial charge in [-0.1, -0.05) is 18.2 Å². The van der Waals surface area contributed by atoms with Crippen LogP contribution in [0.25, 0.3) is 6.08 Å². The van der Waals surface area contributed by atoms with E-state index in [-0.39, 0.29) is 6.54 Å². The van der Waals surface area contributed by atoms with Crippen LogP contribution >= 0.6 is 0 Å². The highest BCUT2D eigenvalue weighted by Crippen LogP contribution is 2.38. The van der Waals surface area contributed by atoms with Gasteiger partial charge in [0.1, 0.15) is 5.60 Å². The van der Waals surface area contributed by atoms with Gasteiger partial charge in [-0.2, -0.15) is 0 Å². The van der Waals surface area contributed by atoms with Gasteiger partial charge in [-0.25, -0.2) is 4.79 Å².